The van der Waals surface area contributed by atoms with E-state index in [0.29, 0.717) is 6.61 Å². The minimum atomic E-state index is -0.481. The molecule has 0 aliphatic carbocycles. The van der Waals surface area contributed by atoms with Crippen LogP contribution >= 0.6 is 0 Å². The molecule has 35 heavy (non-hydrogen) atoms. The number of benzene rings is 2. The molecule has 184 valence electrons. The Morgan fingerprint density at radius 2 is 1.80 bits per heavy atom. The number of ether oxygens (including phenoxy) is 2. The van der Waals surface area contributed by atoms with Crippen LogP contribution in [-0.4, -0.2) is 47.4 Å². The number of likely N-dealkylation sites (tertiary alicyclic amines) is 1. The smallest absolute Gasteiger partial charge is 0.414 e. The fourth-order valence-corrected chi connectivity index (χ4v) is 4.14. The molecule has 0 bridgehead atoms. The van der Waals surface area contributed by atoms with Crippen molar-refractivity contribution < 1.29 is 14.3 Å². The monoisotopic (exact) mass is 474 g/mol. The summed E-state index contributed by atoms with van der Waals surface area (Å²) in [4.78, 5) is 14.7. The Hall–Kier alpha value is -3.45. The van der Waals surface area contributed by atoms with Crippen molar-refractivity contribution in [3.63, 3.8) is 0 Å². The summed E-state index contributed by atoms with van der Waals surface area (Å²) in [7, 11) is 2.09. The Morgan fingerprint density at radius 1 is 1.06 bits per heavy atom. The lowest BCUT2D eigenvalue weighted by Gasteiger charge is -2.29. The van der Waals surface area contributed by atoms with E-state index in [1.165, 1.54) is 0 Å². The van der Waals surface area contributed by atoms with Crippen molar-refractivity contribution in [1.82, 2.24) is 20.4 Å². The molecule has 1 amide bonds. The number of carbonyl (C=O) groups is 1. The molecule has 1 saturated heterocycles. The molecular weight excluding hydrogens is 440 g/mol. The van der Waals surface area contributed by atoms with Crippen LogP contribution in [0.2, 0.25) is 0 Å². The van der Waals surface area contributed by atoms with Crippen molar-refractivity contribution in [1.29, 1.82) is 0 Å². The van der Waals surface area contributed by atoms with Gasteiger partial charge in [-0.2, -0.15) is 5.10 Å². The van der Waals surface area contributed by atoms with E-state index in [-0.39, 0.29) is 11.9 Å². The van der Waals surface area contributed by atoms with Gasteiger partial charge >= 0.3 is 6.09 Å². The molecule has 3 aromatic rings. The van der Waals surface area contributed by atoms with E-state index in [1.54, 1.807) is 0 Å². The number of hydrogen-bond acceptors (Lipinski definition) is 6. The van der Waals surface area contributed by atoms with Crippen LogP contribution in [-0.2, 0) is 13.0 Å². The van der Waals surface area contributed by atoms with Gasteiger partial charge in [-0.15, -0.1) is 5.10 Å². The topological polar surface area (TPSA) is 76.6 Å². The second-order valence-electron chi connectivity index (χ2n) is 9.06. The zero-order valence-electron chi connectivity index (χ0n) is 20.6. The van der Waals surface area contributed by atoms with E-state index in [9.17, 15) is 4.79 Å². The minimum Gasteiger partial charge on any atom is -0.489 e. The number of aromatic nitrogens is 2. The third-order valence-electron chi connectivity index (χ3n) is 6.27. The lowest BCUT2D eigenvalue weighted by molar-refractivity contribution is 0.180. The molecule has 1 aliphatic rings. The third kappa shape index (κ3) is 7.26. The first-order valence-electron chi connectivity index (χ1n) is 12.4. The van der Waals surface area contributed by atoms with Gasteiger partial charge in [-0.05, 0) is 69.1 Å². The Bertz CT molecular complexity index is 1080. The molecular formula is C28H34N4O3. The minimum absolute atomic E-state index is 0.124. The zero-order valence-corrected chi connectivity index (χ0v) is 20.6. The van der Waals surface area contributed by atoms with Crippen molar-refractivity contribution >= 4 is 6.09 Å². The van der Waals surface area contributed by atoms with E-state index in [4.69, 9.17) is 9.47 Å². The number of aryl methyl sites for hydroxylation is 1. The Kier molecular flexibility index (Phi) is 8.68. The predicted octanol–water partition coefficient (Wildman–Crippen LogP) is 5.25. The number of nitrogens with zero attached hydrogens (tertiary/aromatic N) is 3. The number of rotatable bonds is 9. The Balaban J connectivity index is 1.44. The average molecular weight is 475 g/mol. The van der Waals surface area contributed by atoms with Crippen LogP contribution in [0.5, 0.6) is 11.6 Å². The maximum absolute atomic E-state index is 12.5. The van der Waals surface area contributed by atoms with Crippen molar-refractivity contribution in [2.75, 3.05) is 20.1 Å². The molecule has 0 saturated carbocycles. The largest absolute Gasteiger partial charge is 0.489 e. The number of nitrogens with one attached hydrogen (secondary N) is 1. The summed E-state index contributed by atoms with van der Waals surface area (Å²) < 4.78 is 11.4. The molecule has 4 rings (SSSR count). The van der Waals surface area contributed by atoms with Crippen molar-refractivity contribution in [2.24, 2.45) is 0 Å². The number of amides is 1. The lowest BCUT2D eigenvalue weighted by Crippen LogP contribution is -2.44. The highest BCUT2D eigenvalue weighted by Gasteiger charge is 2.20. The van der Waals surface area contributed by atoms with Gasteiger partial charge in [-0.3, -0.25) is 0 Å². The van der Waals surface area contributed by atoms with E-state index in [0.717, 1.165) is 73.3 Å². The van der Waals surface area contributed by atoms with Gasteiger partial charge in [0, 0.05) is 17.7 Å². The number of unbranched alkanes of at least 4 members (excludes halogenated alkanes) is 1. The molecule has 0 spiro atoms. The lowest BCUT2D eigenvalue weighted by atomic mass is 10.0. The first kappa shape index (κ1) is 24.7. The van der Waals surface area contributed by atoms with Crippen molar-refractivity contribution in [3.8, 4) is 22.8 Å². The van der Waals surface area contributed by atoms with Crippen LogP contribution in [0, 0.1) is 0 Å². The fourth-order valence-electron chi connectivity index (χ4n) is 4.14. The maximum Gasteiger partial charge on any atom is 0.414 e. The summed E-state index contributed by atoms with van der Waals surface area (Å²) in [6, 6.07) is 19.9. The fraction of sp³-hybridized carbons (Fsp3) is 0.393. The average Bonchev–Trinajstić information content (AvgIpc) is 2.89. The van der Waals surface area contributed by atoms with Crippen molar-refractivity contribution in [2.45, 2.75) is 51.7 Å². The molecule has 1 N–H and O–H groups in total. The van der Waals surface area contributed by atoms with Gasteiger partial charge in [0.1, 0.15) is 12.4 Å². The summed E-state index contributed by atoms with van der Waals surface area (Å²) in [6.07, 6.45) is 4.23. The summed E-state index contributed by atoms with van der Waals surface area (Å²) in [6.45, 7) is 4.60. The molecule has 1 aromatic heterocycles. The summed E-state index contributed by atoms with van der Waals surface area (Å²) in [5.41, 5.74) is 3.92. The van der Waals surface area contributed by atoms with Crippen LogP contribution in [0.3, 0.4) is 0 Å². The Labute approximate surface area is 207 Å². The summed E-state index contributed by atoms with van der Waals surface area (Å²) >= 11 is 0. The number of hydrogen-bond donors (Lipinski definition) is 1. The number of carbonyl (C=O) groups excluding carboxylic acids is 1. The molecule has 1 aliphatic heterocycles. The van der Waals surface area contributed by atoms with Gasteiger partial charge in [0.25, 0.3) is 0 Å². The van der Waals surface area contributed by atoms with E-state index in [2.05, 4.69) is 34.4 Å². The SMILES string of the molecule is CCCCc1nnc(OC(=O)NC2CCN(C)CC2)cc1-c1ccc(OCc2ccccc2)cc1. The highest BCUT2D eigenvalue weighted by molar-refractivity contribution is 5.72. The summed E-state index contributed by atoms with van der Waals surface area (Å²) in [5, 5.41) is 11.5. The normalized spacial score (nSPS) is 14.5. The maximum atomic E-state index is 12.5. The third-order valence-corrected chi connectivity index (χ3v) is 6.27. The second-order valence-corrected chi connectivity index (χ2v) is 9.06. The Morgan fingerprint density at radius 3 is 2.51 bits per heavy atom. The molecule has 7 heteroatoms. The predicted molar refractivity (Wildman–Crippen MR) is 137 cm³/mol. The van der Waals surface area contributed by atoms with Gasteiger partial charge in [-0.1, -0.05) is 55.8 Å². The standard InChI is InChI=1S/C28H34N4O3/c1-3-4-10-26-25(22-11-13-24(14-12-22)34-20-21-8-6-5-7-9-21)19-27(31-30-26)35-28(33)29-23-15-17-32(2)18-16-23/h5-9,11-14,19,23H,3-4,10,15-18,20H2,1-2H3,(H,29,33). The van der Waals surface area contributed by atoms with Crippen LogP contribution in [0.1, 0.15) is 43.9 Å². The second kappa shape index (κ2) is 12.3. The van der Waals surface area contributed by atoms with E-state index in [1.807, 2.05) is 60.7 Å². The first-order valence-corrected chi connectivity index (χ1v) is 12.4. The molecule has 2 aromatic carbocycles. The molecule has 0 atom stereocenters. The number of piperidine rings is 1. The van der Waals surface area contributed by atoms with Crippen molar-refractivity contribution in [3.05, 3.63) is 71.9 Å². The summed E-state index contributed by atoms with van der Waals surface area (Å²) in [5.74, 6) is 0.999. The quantitative estimate of drug-likeness (QED) is 0.457. The van der Waals surface area contributed by atoms with Crippen LogP contribution in [0.15, 0.2) is 60.7 Å². The van der Waals surface area contributed by atoms with E-state index < -0.39 is 6.09 Å². The molecule has 7 nitrogen and oxygen atoms in total. The first-order chi connectivity index (χ1) is 17.1. The van der Waals surface area contributed by atoms with Gasteiger partial charge in [0.15, 0.2) is 0 Å². The zero-order chi connectivity index (χ0) is 24.5. The molecule has 0 unspecified atom stereocenters. The van der Waals surface area contributed by atoms with Gasteiger partial charge < -0.3 is 19.7 Å². The van der Waals surface area contributed by atoms with Gasteiger partial charge in [0.05, 0.1) is 5.69 Å². The van der Waals surface area contributed by atoms with Crippen LogP contribution in [0.4, 0.5) is 4.79 Å². The van der Waals surface area contributed by atoms with Crippen LogP contribution in [0.25, 0.3) is 11.1 Å². The van der Waals surface area contributed by atoms with E-state index >= 15 is 0 Å². The van der Waals surface area contributed by atoms with Crippen LogP contribution < -0.4 is 14.8 Å². The highest BCUT2D eigenvalue weighted by Crippen LogP contribution is 2.28. The molecule has 0 radical (unpaired) electrons. The molecule has 1 fully saturated rings. The van der Waals surface area contributed by atoms with Gasteiger partial charge in [0.2, 0.25) is 5.88 Å². The highest BCUT2D eigenvalue weighted by atomic mass is 16.6. The van der Waals surface area contributed by atoms with Gasteiger partial charge in [-0.25, -0.2) is 4.79 Å². The molecule has 2 heterocycles.